The third kappa shape index (κ3) is 4.86. The molecular weight excluding hydrogens is 313 g/mol. The van der Waals surface area contributed by atoms with E-state index in [1.807, 2.05) is 6.92 Å². The Morgan fingerprint density at radius 1 is 1.39 bits per heavy atom. The van der Waals surface area contributed by atoms with E-state index in [9.17, 15) is 18.3 Å². The van der Waals surface area contributed by atoms with Crippen LogP contribution in [0.2, 0.25) is 0 Å². The highest BCUT2D eigenvalue weighted by Gasteiger charge is 2.28. The number of aliphatic hydroxyl groups excluding tert-OH is 1. The highest BCUT2D eigenvalue weighted by atomic mass is 79.9. The molecule has 0 aromatic heterocycles. The summed E-state index contributed by atoms with van der Waals surface area (Å²) < 4.78 is 42.0. The molecule has 0 aliphatic heterocycles. The maximum absolute atomic E-state index is 12.0. The molecule has 0 fully saturated rings. The second-order valence-corrected chi connectivity index (χ2v) is 4.65. The van der Waals surface area contributed by atoms with Gasteiger partial charge in [0.05, 0.1) is 17.2 Å². The zero-order valence-corrected chi connectivity index (χ0v) is 11.4. The molecule has 0 spiro atoms. The monoisotopic (exact) mass is 326 g/mol. The lowest BCUT2D eigenvalue weighted by Gasteiger charge is -2.14. The van der Waals surface area contributed by atoms with Crippen molar-refractivity contribution in [1.29, 1.82) is 0 Å². The highest BCUT2D eigenvalue weighted by Crippen LogP contribution is 2.32. The van der Waals surface area contributed by atoms with Crippen molar-refractivity contribution >= 4 is 15.9 Å². The van der Waals surface area contributed by atoms with Crippen molar-refractivity contribution in [2.45, 2.75) is 32.0 Å². The quantitative estimate of drug-likeness (QED) is 0.877. The van der Waals surface area contributed by atoms with E-state index in [2.05, 4.69) is 15.9 Å². The van der Waals surface area contributed by atoms with E-state index >= 15 is 0 Å². The van der Waals surface area contributed by atoms with E-state index in [1.165, 1.54) is 0 Å². The van der Waals surface area contributed by atoms with Crippen molar-refractivity contribution in [3.05, 3.63) is 28.2 Å². The fourth-order valence-corrected chi connectivity index (χ4v) is 1.97. The predicted molar refractivity (Wildman–Crippen MR) is 65.6 cm³/mol. The average molecular weight is 327 g/mol. The van der Waals surface area contributed by atoms with E-state index in [-0.39, 0.29) is 6.42 Å². The van der Waals surface area contributed by atoms with Crippen molar-refractivity contribution in [3.8, 4) is 5.75 Å². The Morgan fingerprint density at radius 2 is 2.06 bits per heavy atom. The number of hydrogen-bond acceptors (Lipinski definition) is 2. The highest BCUT2D eigenvalue weighted by molar-refractivity contribution is 9.10. The number of ether oxygens (including phenoxy) is 1. The van der Waals surface area contributed by atoms with Crippen LogP contribution < -0.4 is 4.74 Å². The van der Waals surface area contributed by atoms with Gasteiger partial charge in [-0.1, -0.05) is 6.07 Å². The molecule has 1 rings (SSSR count). The minimum Gasteiger partial charge on any atom is -0.493 e. The Hall–Kier alpha value is -0.750. The van der Waals surface area contributed by atoms with Crippen LogP contribution in [0.5, 0.6) is 5.75 Å². The van der Waals surface area contributed by atoms with Gasteiger partial charge in [-0.2, -0.15) is 13.2 Å². The zero-order chi connectivity index (χ0) is 13.8. The van der Waals surface area contributed by atoms with Crippen LogP contribution in [-0.4, -0.2) is 17.9 Å². The van der Waals surface area contributed by atoms with E-state index in [0.29, 0.717) is 22.4 Å². The molecule has 0 aliphatic carbocycles. The Morgan fingerprint density at radius 3 is 2.56 bits per heavy atom. The van der Waals surface area contributed by atoms with E-state index in [0.717, 1.165) is 0 Å². The minimum absolute atomic E-state index is 0.343. The Kier molecular flexibility index (Phi) is 5.47. The van der Waals surface area contributed by atoms with Gasteiger partial charge >= 0.3 is 6.18 Å². The molecule has 1 atom stereocenters. The molecule has 0 saturated carbocycles. The topological polar surface area (TPSA) is 29.5 Å². The summed E-state index contributed by atoms with van der Waals surface area (Å²) in [6, 6.07) is 4.77. The van der Waals surface area contributed by atoms with Gasteiger partial charge in [-0.3, -0.25) is 0 Å². The molecule has 0 saturated heterocycles. The normalized spacial score (nSPS) is 13.4. The lowest BCUT2D eigenvalue weighted by Crippen LogP contribution is -2.10. The lowest BCUT2D eigenvalue weighted by molar-refractivity contribution is -0.140. The molecule has 1 N–H and O–H groups in total. The van der Waals surface area contributed by atoms with E-state index in [1.54, 1.807) is 18.2 Å². The summed E-state index contributed by atoms with van der Waals surface area (Å²) in [6.45, 7) is 2.33. The van der Waals surface area contributed by atoms with Gasteiger partial charge in [-0.05, 0) is 47.0 Å². The first-order valence-corrected chi connectivity index (χ1v) is 6.30. The first-order chi connectivity index (χ1) is 8.33. The van der Waals surface area contributed by atoms with Gasteiger partial charge in [0.2, 0.25) is 0 Å². The van der Waals surface area contributed by atoms with Gasteiger partial charge in [-0.25, -0.2) is 0 Å². The Labute approximate surface area is 112 Å². The van der Waals surface area contributed by atoms with Crippen LogP contribution in [0, 0.1) is 0 Å². The largest absolute Gasteiger partial charge is 0.493 e. The summed E-state index contributed by atoms with van der Waals surface area (Å²) in [5, 5.41) is 9.67. The predicted octanol–water partition coefficient (Wildman–Crippen LogP) is 4.22. The Balaban J connectivity index is 2.69. The zero-order valence-electron chi connectivity index (χ0n) is 9.80. The summed E-state index contributed by atoms with van der Waals surface area (Å²) >= 11 is 3.25. The van der Waals surface area contributed by atoms with Gasteiger partial charge in [0.15, 0.2) is 0 Å². The van der Waals surface area contributed by atoms with Gasteiger partial charge in [-0.15, -0.1) is 0 Å². The number of benzene rings is 1. The third-order valence-corrected chi connectivity index (χ3v) is 2.96. The summed E-state index contributed by atoms with van der Waals surface area (Å²) in [5.74, 6) is 0.601. The fraction of sp³-hybridized carbons (Fsp3) is 0.500. The van der Waals surface area contributed by atoms with Gasteiger partial charge in [0, 0.05) is 6.42 Å². The molecule has 0 radical (unpaired) electrons. The van der Waals surface area contributed by atoms with Crippen LogP contribution in [-0.2, 0) is 0 Å². The molecule has 6 heteroatoms. The van der Waals surface area contributed by atoms with Crippen molar-refractivity contribution < 1.29 is 23.0 Å². The van der Waals surface area contributed by atoms with E-state index in [4.69, 9.17) is 4.74 Å². The number of rotatable bonds is 5. The standard InChI is InChI=1S/C12H14BrF3O2/c1-2-18-11-4-3-8(7-9(11)13)10(17)5-6-12(14,15)16/h3-4,7,10,17H,2,5-6H2,1H3. The molecule has 1 aromatic carbocycles. The SMILES string of the molecule is CCOc1ccc(C(O)CCC(F)(F)F)cc1Br. The number of alkyl halides is 3. The fourth-order valence-electron chi connectivity index (χ4n) is 1.46. The van der Waals surface area contributed by atoms with Gasteiger partial charge in [0.25, 0.3) is 0 Å². The third-order valence-electron chi connectivity index (χ3n) is 2.34. The molecule has 102 valence electrons. The molecule has 2 nitrogen and oxygen atoms in total. The summed E-state index contributed by atoms with van der Waals surface area (Å²) in [6.07, 6.45) is -6.72. The van der Waals surface area contributed by atoms with Gasteiger partial charge in [0.1, 0.15) is 5.75 Å². The lowest BCUT2D eigenvalue weighted by atomic mass is 10.0. The maximum Gasteiger partial charge on any atom is 0.389 e. The first kappa shape index (κ1) is 15.3. The molecule has 0 amide bonds. The maximum atomic E-state index is 12.0. The second-order valence-electron chi connectivity index (χ2n) is 3.79. The molecule has 0 aliphatic rings. The minimum atomic E-state index is -4.25. The number of halogens is 4. The van der Waals surface area contributed by atoms with E-state index < -0.39 is 18.7 Å². The molecule has 1 aromatic rings. The average Bonchev–Trinajstić information content (AvgIpc) is 2.28. The van der Waals surface area contributed by atoms with Crippen LogP contribution in [0.3, 0.4) is 0 Å². The van der Waals surface area contributed by atoms with Gasteiger partial charge < -0.3 is 9.84 Å². The van der Waals surface area contributed by atoms with Crippen LogP contribution in [0.1, 0.15) is 31.4 Å². The van der Waals surface area contributed by atoms with Crippen LogP contribution in [0.25, 0.3) is 0 Å². The van der Waals surface area contributed by atoms with Crippen LogP contribution in [0.4, 0.5) is 13.2 Å². The van der Waals surface area contributed by atoms with Crippen molar-refractivity contribution in [3.63, 3.8) is 0 Å². The molecule has 18 heavy (non-hydrogen) atoms. The second kappa shape index (κ2) is 6.43. The Bertz CT molecular complexity index is 393. The van der Waals surface area contributed by atoms with Crippen molar-refractivity contribution in [1.82, 2.24) is 0 Å². The smallest absolute Gasteiger partial charge is 0.389 e. The molecule has 0 bridgehead atoms. The number of aliphatic hydroxyl groups is 1. The summed E-state index contributed by atoms with van der Waals surface area (Å²) in [5.41, 5.74) is 0.439. The first-order valence-electron chi connectivity index (χ1n) is 5.50. The molecular formula is C12H14BrF3O2. The number of hydrogen-bond donors (Lipinski definition) is 1. The summed E-state index contributed by atoms with van der Waals surface area (Å²) in [7, 11) is 0. The van der Waals surface area contributed by atoms with Crippen LogP contribution >= 0.6 is 15.9 Å². The van der Waals surface area contributed by atoms with Crippen molar-refractivity contribution in [2.75, 3.05) is 6.61 Å². The molecule has 1 unspecified atom stereocenters. The van der Waals surface area contributed by atoms with Crippen molar-refractivity contribution in [2.24, 2.45) is 0 Å². The molecule has 0 heterocycles. The van der Waals surface area contributed by atoms with Crippen LogP contribution in [0.15, 0.2) is 22.7 Å². The summed E-state index contributed by atoms with van der Waals surface area (Å²) in [4.78, 5) is 0.